The molecule has 0 saturated heterocycles. The van der Waals surface area contributed by atoms with Crippen molar-refractivity contribution in [3.8, 4) is 0 Å². The molecule has 0 aliphatic carbocycles. The summed E-state index contributed by atoms with van der Waals surface area (Å²) >= 11 is 1.70. The highest BCUT2D eigenvalue weighted by Gasteiger charge is 2.14. The lowest BCUT2D eigenvalue weighted by atomic mass is 9.99. The van der Waals surface area contributed by atoms with Crippen LogP contribution in [0.1, 0.15) is 35.2 Å². The van der Waals surface area contributed by atoms with Gasteiger partial charge in [0.15, 0.2) is 0 Å². The molecule has 2 rings (SSSR count). The van der Waals surface area contributed by atoms with Gasteiger partial charge in [-0.15, -0.1) is 11.3 Å². The van der Waals surface area contributed by atoms with E-state index in [2.05, 4.69) is 22.6 Å². The van der Waals surface area contributed by atoms with Crippen LogP contribution < -0.4 is 5.32 Å². The summed E-state index contributed by atoms with van der Waals surface area (Å²) in [5.41, 5.74) is 3.30. The summed E-state index contributed by atoms with van der Waals surface area (Å²) in [6.45, 7) is 7.19. The van der Waals surface area contributed by atoms with Gasteiger partial charge in [0.2, 0.25) is 0 Å². The van der Waals surface area contributed by atoms with Gasteiger partial charge in [0, 0.05) is 23.5 Å². The molecule has 1 aromatic carbocycles. The maximum atomic E-state index is 13.4. The zero-order valence-corrected chi connectivity index (χ0v) is 13.8. The Morgan fingerprint density at radius 2 is 2.10 bits per heavy atom. The number of thiazole rings is 1. The Hall–Kier alpha value is -1.26. The molecule has 1 unspecified atom stereocenters. The molecule has 0 bridgehead atoms. The number of benzene rings is 1. The number of halogens is 1. The maximum Gasteiger partial charge on any atom is 0.123 e. The molecule has 1 aromatic heterocycles. The van der Waals surface area contributed by atoms with Gasteiger partial charge in [-0.2, -0.15) is 0 Å². The average Bonchev–Trinajstić information content (AvgIpc) is 2.85. The molecular weight excluding hydrogens is 283 g/mol. The number of nitrogens with zero attached hydrogens (tertiary/aromatic N) is 1. The van der Waals surface area contributed by atoms with Crippen LogP contribution in [0.15, 0.2) is 23.6 Å². The number of aryl methyl sites for hydroxylation is 2. The van der Waals surface area contributed by atoms with Crippen molar-refractivity contribution in [2.75, 3.05) is 6.54 Å². The van der Waals surface area contributed by atoms with Gasteiger partial charge in [0.25, 0.3) is 0 Å². The minimum absolute atomic E-state index is 0.157. The summed E-state index contributed by atoms with van der Waals surface area (Å²) < 4.78 is 13.4. The van der Waals surface area contributed by atoms with Crippen molar-refractivity contribution in [3.63, 3.8) is 0 Å². The lowest BCUT2D eigenvalue weighted by Crippen LogP contribution is -2.34. The Balaban J connectivity index is 2.09. The average molecular weight is 306 g/mol. The van der Waals surface area contributed by atoms with Crippen LogP contribution in [-0.2, 0) is 12.8 Å². The monoisotopic (exact) mass is 306 g/mol. The third-order valence-electron chi connectivity index (χ3n) is 3.55. The lowest BCUT2D eigenvalue weighted by molar-refractivity contribution is 0.501. The summed E-state index contributed by atoms with van der Waals surface area (Å²) in [5.74, 6) is -0.157. The maximum absolute atomic E-state index is 13.4. The second kappa shape index (κ2) is 7.66. The third kappa shape index (κ3) is 4.90. The molecule has 1 atom stereocenters. The van der Waals surface area contributed by atoms with E-state index in [0.717, 1.165) is 47.6 Å². The molecule has 0 aliphatic rings. The Morgan fingerprint density at radius 3 is 2.76 bits per heavy atom. The quantitative estimate of drug-likeness (QED) is 0.834. The topological polar surface area (TPSA) is 24.9 Å². The molecule has 2 nitrogen and oxygen atoms in total. The van der Waals surface area contributed by atoms with Gasteiger partial charge in [-0.05, 0) is 56.5 Å². The Labute approximate surface area is 130 Å². The van der Waals surface area contributed by atoms with Gasteiger partial charge in [0.1, 0.15) is 5.82 Å². The van der Waals surface area contributed by atoms with Crippen LogP contribution in [0.4, 0.5) is 4.39 Å². The Kier molecular flexibility index (Phi) is 5.88. The predicted molar refractivity (Wildman–Crippen MR) is 87.5 cm³/mol. The number of hydrogen-bond donors (Lipinski definition) is 1. The summed E-state index contributed by atoms with van der Waals surface area (Å²) in [4.78, 5) is 4.54. The lowest BCUT2D eigenvalue weighted by Gasteiger charge is -2.19. The van der Waals surface area contributed by atoms with E-state index in [1.165, 1.54) is 6.07 Å². The molecule has 0 fully saturated rings. The van der Waals surface area contributed by atoms with Crippen LogP contribution in [0.5, 0.6) is 0 Å². The minimum atomic E-state index is -0.157. The summed E-state index contributed by atoms with van der Waals surface area (Å²) in [5, 5.41) is 6.80. The molecular formula is C17H23FN2S. The number of hydrogen-bond acceptors (Lipinski definition) is 3. The molecule has 1 heterocycles. The fourth-order valence-corrected chi connectivity index (χ4v) is 3.25. The van der Waals surface area contributed by atoms with Crippen LogP contribution in [0.3, 0.4) is 0 Å². The number of nitrogens with one attached hydrogen (secondary N) is 1. The molecule has 0 radical (unpaired) electrons. The van der Waals surface area contributed by atoms with Crippen molar-refractivity contribution in [2.45, 2.75) is 46.1 Å². The Morgan fingerprint density at radius 1 is 1.29 bits per heavy atom. The zero-order valence-electron chi connectivity index (χ0n) is 12.9. The SMILES string of the molecule is CCCNC(Cc1nc(C)cs1)Cc1cc(F)ccc1C. The van der Waals surface area contributed by atoms with Crippen molar-refractivity contribution in [2.24, 2.45) is 0 Å². The summed E-state index contributed by atoms with van der Waals surface area (Å²) in [6, 6.07) is 5.34. The molecule has 1 N–H and O–H groups in total. The van der Waals surface area contributed by atoms with Gasteiger partial charge in [-0.3, -0.25) is 0 Å². The fraction of sp³-hybridized carbons (Fsp3) is 0.471. The van der Waals surface area contributed by atoms with Crippen molar-refractivity contribution in [1.82, 2.24) is 10.3 Å². The van der Waals surface area contributed by atoms with E-state index < -0.39 is 0 Å². The third-order valence-corrected chi connectivity index (χ3v) is 4.54. The molecule has 21 heavy (non-hydrogen) atoms. The van der Waals surface area contributed by atoms with Crippen LogP contribution in [0, 0.1) is 19.7 Å². The van der Waals surface area contributed by atoms with Gasteiger partial charge in [-0.1, -0.05) is 13.0 Å². The summed E-state index contributed by atoms with van der Waals surface area (Å²) in [7, 11) is 0. The van der Waals surface area contributed by atoms with Crippen LogP contribution in [0.25, 0.3) is 0 Å². The molecule has 0 saturated carbocycles. The highest BCUT2D eigenvalue weighted by Crippen LogP contribution is 2.17. The largest absolute Gasteiger partial charge is 0.313 e. The molecule has 0 aliphatic heterocycles. The van der Waals surface area contributed by atoms with Gasteiger partial charge in [0.05, 0.1) is 5.01 Å². The number of rotatable bonds is 7. The zero-order chi connectivity index (χ0) is 15.2. The standard InChI is InChI=1S/C17H23FN2S/c1-4-7-19-16(10-17-20-13(3)11-21-17)9-14-8-15(18)6-5-12(14)2/h5-6,8,11,16,19H,4,7,9-10H2,1-3H3. The smallest absolute Gasteiger partial charge is 0.123 e. The predicted octanol–water partition coefficient (Wildman–Crippen LogP) is 4.05. The molecule has 114 valence electrons. The van der Waals surface area contributed by atoms with Crippen LogP contribution >= 0.6 is 11.3 Å². The van der Waals surface area contributed by atoms with Crippen molar-refractivity contribution in [3.05, 3.63) is 51.2 Å². The van der Waals surface area contributed by atoms with Crippen LogP contribution in [-0.4, -0.2) is 17.6 Å². The number of aromatic nitrogens is 1. The van der Waals surface area contributed by atoms with Crippen molar-refractivity contribution >= 4 is 11.3 Å². The van der Waals surface area contributed by atoms with Gasteiger partial charge < -0.3 is 5.32 Å². The first-order valence-corrected chi connectivity index (χ1v) is 8.36. The highest BCUT2D eigenvalue weighted by molar-refractivity contribution is 7.09. The van der Waals surface area contributed by atoms with E-state index in [9.17, 15) is 4.39 Å². The van der Waals surface area contributed by atoms with Crippen molar-refractivity contribution < 1.29 is 4.39 Å². The summed E-state index contributed by atoms with van der Waals surface area (Å²) in [6.07, 6.45) is 2.83. The molecule has 2 aromatic rings. The molecule has 0 spiro atoms. The molecule has 0 amide bonds. The first-order chi connectivity index (χ1) is 10.1. The van der Waals surface area contributed by atoms with E-state index >= 15 is 0 Å². The van der Waals surface area contributed by atoms with E-state index in [4.69, 9.17) is 0 Å². The fourth-order valence-electron chi connectivity index (χ4n) is 2.40. The molecule has 4 heteroatoms. The van der Waals surface area contributed by atoms with E-state index in [1.807, 2.05) is 19.9 Å². The van der Waals surface area contributed by atoms with E-state index in [0.29, 0.717) is 6.04 Å². The second-order valence-corrected chi connectivity index (χ2v) is 6.46. The first-order valence-electron chi connectivity index (χ1n) is 7.48. The highest BCUT2D eigenvalue weighted by atomic mass is 32.1. The second-order valence-electron chi connectivity index (χ2n) is 5.51. The van der Waals surface area contributed by atoms with E-state index in [1.54, 1.807) is 17.4 Å². The van der Waals surface area contributed by atoms with E-state index in [-0.39, 0.29) is 5.82 Å². The van der Waals surface area contributed by atoms with Gasteiger partial charge in [-0.25, -0.2) is 9.37 Å². The van der Waals surface area contributed by atoms with Crippen LogP contribution in [0.2, 0.25) is 0 Å². The Bertz CT molecular complexity index is 580. The first kappa shape index (κ1) is 16.1. The van der Waals surface area contributed by atoms with Crippen molar-refractivity contribution in [1.29, 1.82) is 0 Å². The normalized spacial score (nSPS) is 12.6. The minimum Gasteiger partial charge on any atom is -0.313 e. The van der Waals surface area contributed by atoms with Gasteiger partial charge >= 0.3 is 0 Å².